The fourth-order valence-corrected chi connectivity index (χ4v) is 3.54. The third-order valence-electron chi connectivity index (χ3n) is 5.23. The lowest BCUT2D eigenvalue weighted by atomic mass is 10.2. The van der Waals surface area contributed by atoms with Gasteiger partial charge in [-0.1, -0.05) is 6.07 Å². The van der Waals surface area contributed by atoms with E-state index in [1.807, 2.05) is 19.1 Å². The Morgan fingerprint density at radius 3 is 2.60 bits per heavy atom. The highest BCUT2D eigenvalue weighted by molar-refractivity contribution is 5.77. The first-order valence-electron chi connectivity index (χ1n) is 9.86. The van der Waals surface area contributed by atoms with Crippen LogP contribution in [0.15, 0.2) is 53.5 Å². The van der Waals surface area contributed by atoms with Gasteiger partial charge in [0.15, 0.2) is 6.61 Å². The minimum Gasteiger partial charge on any atom is -0.484 e. The number of nitrogens with zero attached hydrogens (tertiary/aromatic N) is 4. The van der Waals surface area contributed by atoms with E-state index in [-0.39, 0.29) is 23.9 Å². The summed E-state index contributed by atoms with van der Waals surface area (Å²) in [6.45, 7) is 4.97. The van der Waals surface area contributed by atoms with E-state index in [4.69, 9.17) is 4.74 Å². The lowest BCUT2D eigenvalue weighted by molar-refractivity contribution is -0.135. The summed E-state index contributed by atoms with van der Waals surface area (Å²) >= 11 is 0. The molecule has 1 fully saturated rings. The second-order valence-electron chi connectivity index (χ2n) is 7.37. The number of carbonyl (C=O) groups excluding carboxylic acids is 1. The molecule has 1 aromatic carbocycles. The van der Waals surface area contributed by atoms with Crippen LogP contribution in [0.2, 0.25) is 0 Å². The standard InChI is InChI=1S/C22H23FN4O3/c1-16-3-2-8-27-20(28)13-18(24-22(16)27)14-25-9-11-26(12-10-25)21(29)15-30-19-6-4-17(23)5-7-19/h2-8,13H,9-12,14-15H2,1H3. The monoisotopic (exact) mass is 410 g/mol. The van der Waals surface area contributed by atoms with Gasteiger partial charge >= 0.3 is 0 Å². The SMILES string of the molecule is Cc1cccn2c(=O)cc(CN3CCN(C(=O)COc4ccc(F)cc4)CC3)nc12. The van der Waals surface area contributed by atoms with Crippen molar-refractivity contribution in [2.75, 3.05) is 32.8 Å². The largest absolute Gasteiger partial charge is 0.484 e. The lowest BCUT2D eigenvalue weighted by Gasteiger charge is -2.34. The average Bonchev–Trinajstić information content (AvgIpc) is 2.74. The Labute approximate surface area is 173 Å². The Morgan fingerprint density at radius 1 is 1.13 bits per heavy atom. The molecule has 0 aliphatic carbocycles. The maximum absolute atomic E-state index is 12.9. The fraction of sp³-hybridized carbons (Fsp3) is 0.318. The Balaban J connectivity index is 1.32. The molecule has 30 heavy (non-hydrogen) atoms. The number of halogens is 1. The molecule has 0 unspecified atom stereocenters. The van der Waals surface area contributed by atoms with Crippen molar-refractivity contribution in [3.05, 3.63) is 76.1 Å². The van der Waals surface area contributed by atoms with Crippen LogP contribution >= 0.6 is 0 Å². The number of benzene rings is 1. The second-order valence-corrected chi connectivity index (χ2v) is 7.37. The molecular weight excluding hydrogens is 387 g/mol. The molecule has 1 saturated heterocycles. The van der Waals surface area contributed by atoms with E-state index in [9.17, 15) is 14.0 Å². The highest BCUT2D eigenvalue weighted by Gasteiger charge is 2.22. The van der Waals surface area contributed by atoms with Crippen LogP contribution in [0.4, 0.5) is 4.39 Å². The van der Waals surface area contributed by atoms with Crippen molar-refractivity contribution in [3.8, 4) is 5.75 Å². The third-order valence-corrected chi connectivity index (χ3v) is 5.23. The Bertz CT molecular complexity index is 1110. The van der Waals surface area contributed by atoms with E-state index in [1.54, 1.807) is 21.6 Å². The fourth-order valence-electron chi connectivity index (χ4n) is 3.54. The summed E-state index contributed by atoms with van der Waals surface area (Å²) in [5.74, 6) is 0.0209. The molecule has 0 saturated carbocycles. The smallest absolute Gasteiger partial charge is 0.260 e. The average molecular weight is 410 g/mol. The molecule has 1 aliphatic rings. The molecule has 0 radical (unpaired) electrons. The van der Waals surface area contributed by atoms with E-state index >= 15 is 0 Å². The van der Waals surface area contributed by atoms with Crippen molar-refractivity contribution in [2.24, 2.45) is 0 Å². The molecule has 0 spiro atoms. The molecule has 3 aromatic rings. The Kier molecular flexibility index (Phi) is 5.76. The summed E-state index contributed by atoms with van der Waals surface area (Å²) in [5, 5.41) is 0. The summed E-state index contributed by atoms with van der Waals surface area (Å²) in [6, 6.07) is 10.9. The number of fused-ring (bicyclic) bond motifs is 1. The van der Waals surface area contributed by atoms with Gasteiger partial charge in [-0.05, 0) is 42.8 Å². The molecule has 3 heterocycles. The molecule has 0 bridgehead atoms. The van der Waals surface area contributed by atoms with Crippen molar-refractivity contribution in [3.63, 3.8) is 0 Å². The van der Waals surface area contributed by atoms with Gasteiger partial charge in [0.2, 0.25) is 0 Å². The summed E-state index contributed by atoms with van der Waals surface area (Å²) in [6.07, 6.45) is 1.72. The maximum atomic E-state index is 12.9. The first-order chi connectivity index (χ1) is 14.5. The number of pyridine rings is 1. The maximum Gasteiger partial charge on any atom is 0.260 e. The Morgan fingerprint density at radius 2 is 1.87 bits per heavy atom. The van der Waals surface area contributed by atoms with Crippen LogP contribution in [0, 0.1) is 12.7 Å². The van der Waals surface area contributed by atoms with Gasteiger partial charge in [0, 0.05) is 45.0 Å². The summed E-state index contributed by atoms with van der Waals surface area (Å²) < 4.78 is 19.9. The van der Waals surface area contributed by atoms with E-state index in [0.717, 1.165) is 11.3 Å². The quantitative estimate of drug-likeness (QED) is 0.643. The molecule has 1 amide bonds. The molecule has 1 aliphatic heterocycles. The number of aryl methyl sites for hydroxylation is 1. The van der Waals surface area contributed by atoms with Crippen LogP contribution in [0.3, 0.4) is 0 Å². The molecule has 8 heteroatoms. The molecule has 4 rings (SSSR count). The summed E-state index contributed by atoms with van der Waals surface area (Å²) in [5.41, 5.74) is 2.26. The zero-order valence-corrected chi connectivity index (χ0v) is 16.8. The van der Waals surface area contributed by atoms with E-state index in [0.29, 0.717) is 44.1 Å². The van der Waals surface area contributed by atoms with Gasteiger partial charge in [-0.25, -0.2) is 9.37 Å². The van der Waals surface area contributed by atoms with Crippen LogP contribution in [-0.4, -0.2) is 57.9 Å². The van der Waals surface area contributed by atoms with Crippen molar-refractivity contribution < 1.29 is 13.9 Å². The van der Waals surface area contributed by atoms with Crippen LogP contribution < -0.4 is 10.3 Å². The normalized spacial score (nSPS) is 14.8. The van der Waals surface area contributed by atoms with Crippen LogP contribution in [0.5, 0.6) is 5.75 Å². The van der Waals surface area contributed by atoms with Crippen LogP contribution in [-0.2, 0) is 11.3 Å². The molecule has 0 N–H and O–H groups in total. The number of piperazine rings is 1. The van der Waals surface area contributed by atoms with Crippen molar-refractivity contribution >= 4 is 11.6 Å². The summed E-state index contributed by atoms with van der Waals surface area (Å²) in [4.78, 5) is 33.3. The lowest BCUT2D eigenvalue weighted by Crippen LogP contribution is -2.49. The van der Waals surface area contributed by atoms with Gasteiger partial charge in [-0.2, -0.15) is 0 Å². The highest BCUT2D eigenvalue weighted by atomic mass is 19.1. The van der Waals surface area contributed by atoms with Gasteiger partial charge in [0.1, 0.15) is 17.2 Å². The van der Waals surface area contributed by atoms with Gasteiger partial charge in [-0.15, -0.1) is 0 Å². The summed E-state index contributed by atoms with van der Waals surface area (Å²) in [7, 11) is 0. The molecule has 156 valence electrons. The van der Waals surface area contributed by atoms with Crippen LogP contribution in [0.1, 0.15) is 11.3 Å². The topological polar surface area (TPSA) is 67.2 Å². The third kappa shape index (κ3) is 4.49. The first kappa shape index (κ1) is 20.0. The van der Waals surface area contributed by atoms with Crippen molar-refractivity contribution in [2.45, 2.75) is 13.5 Å². The van der Waals surface area contributed by atoms with Gasteiger partial charge < -0.3 is 9.64 Å². The number of amides is 1. The van der Waals surface area contributed by atoms with Gasteiger partial charge in [0.05, 0.1) is 5.69 Å². The van der Waals surface area contributed by atoms with E-state index in [2.05, 4.69) is 9.88 Å². The molecule has 2 aromatic heterocycles. The number of hydrogen-bond donors (Lipinski definition) is 0. The minimum absolute atomic E-state index is 0.0755. The van der Waals surface area contributed by atoms with Gasteiger partial charge in [-0.3, -0.25) is 18.9 Å². The predicted octanol–water partition coefficient (Wildman–Crippen LogP) is 1.87. The zero-order valence-electron chi connectivity index (χ0n) is 16.8. The number of hydrogen-bond acceptors (Lipinski definition) is 5. The zero-order chi connectivity index (χ0) is 21.1. The molecular formula is C22H23FN4O3. The molecule has 0 atom stereocenters. The van der Waals surface area contributed by atoms with E-state index < -0.39 is 0 Å². The van der Waals surface area contributed by atoms with Gasteiger partial charge in [0.25, 0.3) is 11.5 Å². The van der Waals surface area contributed by atoms with Crippen LogP contribution in [0.25, 0.3) is 5.65 Å². The number of rotatable bonds is 5. The predicted molar refractivity (Wildman–Crippen MR) is 110 cm³/mol. The minimum atomic E-state index is -0.344. The second kappa shape index (κ2) is 8.62. The van der Waals surface area contributed by atoms with E-state index in [1.165, 1.54) is 24.3 Å². The van der Waals surface area contributed by atoms with Crippen molar-refractivity contribution in [1.82, 2.24) is 19.2 Å². The number of carbonyl (C=O) groups is 1. The highest BCUT2D eigenvalue weighted by Crippen LogP contribution is 2.12. The van der Waals surface area contributed by atoms with Crippen molar-refractivity contribution in [1.29, 1.82) is 0 Å². The number of aromatic nitrogens is 2. The Hall–Kier alpha value is -3.26. The molecule has 7 nitrogen and oxygen atoms in total. The first-order valence-corrected chi connectivity index (χ1v) is 9.86. The number of ether oxygens (including phenoxy) is 1.